The molecular formula is C10H13NO6S. The van der Waals surface area contributed by atoms with Crippen molar-refractivity contribution in [3.63, 3.8) is 0 Å². The van der Waals surface area contributed by atoms with Gasteiger partial charge in [0.1, 0.15) is 5.75 Å². The van der Waals surface area contributed by atoms with Crippen LogP contribution in [0.3, 0.4) is 0 Å². The summed E-state index contributed by atoms with van der Waals surface area (Å²) in [5.41, 5.74) is 0.406. The number of carbonyl (C=O) groups is 1. The van der Waals surface area contributed by atoms with Gasteiger partial charge in [-0.25, -0.2) is 4.79 Å². The fraction of sp³-hybridized carbons (Fsp3) is 0.300. The Hall–Kier alpha value is -1.80. The molecule has 7 nitrogen and oxygen atoms in total. The molecule has 0 spiro atoms. The quantitative estimate of drug-likeness (QED) is 0.813. The lowest BCUT2D eigenvalue weighted by molar-refractivity contribution is 0.130. The van der Waals surface area contributed by atoms with Gasteiger partial charge in [0, 0.05) is 5.69 Å². The molecule has 1 aromatic carbocycles. The number of rotatable bonds is 4. The second kappa shape index (κ2) is 5.69. The van der Waals surface area contributed by atoms with Crippen molar-refractivity contribution >= 4 is 22.2 Å². The predicted octanol–water partition coefficient (Wildman–Crippen LogP) is 1.83. The molecule has 1 aromatic rings. The van der Waals surface area contributed by atoms with Gasteiger partial charge < -0.3 is 8.92 Å². The van der Waals surface area contributed by atoms with Gasteiger partial charge in [0.2, 0.25) is 0 Å². The van der Waals surface area contributed by atoms with Crippen molar-refractivity contribution in [3.05, 3.63) is 24.3 Å². The lowest BCUT2D eigenvalue weighted by atomic mass is 10.3. The standard InChI is InChI=1S/C10H13NO6S/c1-7(2)16-10(12)11-8-3-5-9(6-4-8)17-18(13,14)15/h3-7H,1-2H3,(H,11,12)(H,13,14,15). The van der Waals surface area contributed by atoms with Gasteiger partial charge in [-0.05, 0) is 38.1 Å². The zero-order valence-electron chi connectivity index (χ0n) is 9.78. The Morgan fingerprint density at radius 3 is 2.28 bits per heavy atom. The SMILES string of the molecule is CC(C)OC(=O)Nc1ccc(OS(=O)(=O)O)cc1. The first-order valence-corrected chi connectivity index (χ1v) is 6.37. The van der Waals surface area contributed by atoms with Gasteiger partial charge >= 0.3 is 16.5 Å². The minimum Gasteiger partial charge on any atom is -0.447 e. The van der Waals surface area contributed by atoms with Gasteiger partial charge in [-0.15, -0.1) is 0 Å². The van der Waals surface area contributed by atoms with E-state index in [9.17, 15) is 13.2 Å². The Labute approximate surface area is 105 Å². The molecule has 18 heavy (non-hydrogen) atoms. The van der Waals surface area contributed by atoms with Crippen LogP contribution in [0, 0.1) is 0 Å². The Balaban J connectivity index is 2.63. The molecule has 1 rings (SSSR count). The highest BCUT2D eigenvalue weighted by Gasteiger charge is 2.08. The molecule has 0 fully saturated rings. The number of nitrogens with one attached hydrogen (secondary N) is 1. The van der Waals surface area contributed by atoms with Crippen LogP contribution in [0.1, 0.15) is 13.8 Å². The van der Waals surface area contributed by atoms with Crippen LogP contribution in [0.15, 0.2) is 24.3 Å². The Morgan fingerprint density at radius 2 is 1.83 bits per heavy atom. The number of ether oxygens (including phenoxy) is 1. The predicted molar refractivity (Wildman–Crippen MR) is 63.9 cm³/mol. The van der Waals surface area contributed by atoms with Crippen LogP contribution in [-0.4, -0.2) is 25.2 Å². The highest BCUT2D eigenvalue weighted by molar-refractivity contribution is 7.81. The first kappa shape index (κ1) is 14.3. The Morgan fingerprint density at radius 1 is 1.28 bits per heavy atom. The molecule has 8 heteroatoms. The van der Waals surface area contributed by atoms with Gasteiger partial charge in [-0.1, -0.05) is 0 Å². The molecule has 0 unspecified atom stereocenters. The number of benzene rings is 1. The third kappa shape index (κ3) is 5.51. The van der Waals surface area contributed by atoms with E-state index >= 15 is 0 Å². The average Bonchev–Trinajstić information content (AvgIpc) is 2.17. The molecule has 0 aliphatic rings. The molecular weight excluding hydrogens is 262 g/mol. The summed E-state index contributed by atoms with van der Waals surface area (Å²) in [6.45, 7) is 3.42. The molecule has 0 heterocycles. The highest BCUT2D eigenvalue weighted by Crippen LogP contribution is 2.17. The smallest absolute Gasteiger partial charge is 0.446 e. The van der Waals surface area contributed by atoms with Gasteiger partial charge in [-0.2, -0.15) is 8.42 Å². The fourth-order valence-electron chi connectivity index (χ4n) is 1.08. The minimum atomic E-state index is -4.54. The monoisotopic (exact) mass is 275 g/mol. The first-order chi connectivity index (χ1) is 8.26. The fourth-order valence-corrected chi connectivity index (χ4v) is 1.43. The van der Waals surface area contributed by atoms with Crippen LogP contribution < -0.4 is 9.50 Å². The first-order valence-electron chi connectivity index (χ1n) is 5.01. The van der Waals surface area contributed by atoms with Crippen molar-refractivity contribution < 1.29 is 26.7 Å². The van der Waals surface area contributed by atoms with Crippen molar-refractivity contribution in [1.29, 1.82) is 0 Å². The summed E-state index contributed by atoms with van der Waals surface area (Å²) in [6.07, 6.45) is -0.861. The van der Waals surface area contributed by atoms with E-state index in [0.29, 0.717) is 5.69 Å². The van der Waals surface area contributed by atoms with Crippen molar-refractivity contribution in [2.24, 2.45) is 0 Å². The van der Waals surface area contributed by atoms with Crippen LogP contribution in [0.5, 0.6) is 5.75 Å². The van der Waals surface area contributed by atoms with Crippen LogP contribution >= 0.6 is 0 Å². The maximum atomic E-state index is 11.2. The van der Waals surface area contributed by atoms with Gasteiger partial charge in [-0.3, -0.25) is 9.87 Å². The number of carbonyl (C=O) groups excluding carboxylic acids is 1. The zero-order valence-corrected chi connectivity index (χ0v) is 10.6. The van der Waals surface area contributed by atoms with Crippen LogP contribution in [0.2, 0.25) is 0 Å². The molecule has 2 N–H and O–H groups in total. The number of anilines is 1. The average molecular weight is 275 g/mol. The van der Waals surface area contributed by atoms with E-state index in [2.05, 4.69) is 9.50 Å². The summed E-state index contributed by atoms with van der Waals surface area (Å²) in [5, 5.41) is 2.43. The maximum Gasteiger partial charge on any atom is 0.446 e. The third-order valence-electron chi connectivity index (χ3n) is 1.64. The van der Waals surface area contributed by atoms with E-state index in [1.165, 1.54) is 24.3 Å². The number of amides is 1. The summed E-state index contributed by atoms with van der Waals surface area (Å²) < 4.78 is 38.4. The second-order valence-corrected chi connectivity index (χ2v) is 4.64. The molecule has 0 saturated heterocycles. The molecule has 0 saturated carbocycles. The molecule has 0 radical (unpaired) electrons. The van der Waals surface area contributed by atoms with E-state index in [-0.39, 0.29) is 11.9 Å². The normalized spacial score (nSPS) is 11.1. The summed E-state index contributed by atoms with van der Waals surface area (Å²) >= 11 is 0. The summed E-state index contributed by atoms with van der Waals surface area (Å²) in [5.74, 6) is -0.0692. The topological polar surface area (TPSA) is 102 Å². The summed E-state index contributed by atoms with van der Waals surface area (Å²) in [4.78, 5) is 11.2. The van der Waals surface area contributed by atoms with Crippen molar-refractivity contribution in [2.45, 2.75) is 20.0 Å². The molecule has 0 atom stereocenters. The van der Waals surface area contributed by atoms with Crippen molar-refractivity contribution in [1.82, 2.24) is 0 Å². The van der Waals surface area contributed by atoms with Crippen LogP contribution in [0.4, 0.5) is 10.5 Å². The molecule has 100 valence electrons. The maximum absolute atomic E-state index is 11.2. The van der Waals surface area contributed by atoms with E-state index in [4.69, 9.17) is 9.29 Å². The van der Waals surface area contributed by atoms with Crippen molar-refractivity contribution in [2.75, 3.05) is 5.32 Å². The van der Waals surface area contributed by atoms with E-state index in [0.717, 1.165) is 0 Å². The summed E-state index contributed by atoms with van der Waals surface area (Å²) in [7, 11) is -4.54. The Kier molecular flexibility index (Phi) is 4.51. The van der Waals surface area contributed by atoms with E-state index in [1.54, 1.807) is 13.8 Å². The number of hydrogen-bond acceptors (Lipinski definition) is 5. The van der Waals surface area contributed by atoms with E-state index in [1.807, 2.05) is 0 Å². The van der Waals surface area contributed by atoms with Crippen LogP contribution in [-0.2, 0) is 15.1 Å². The lowest BCUT2D eigenvalue weighted by Crippen LogP contribution is -2.17. The third-order valence-corrected chi connectivity index (χ3v) is 2.05. The van der Waals surface area contributed by atoms with Crippen LogP contribution in [0.25, 0.3) is 0 Å². The largest absolute Gasteiger partial charge is 0.447 e. The van der Waals surface area contributed by atoms with Gasteiger partial charge in [0.15, 0.2) is 0 Å². The van der Waals surface area contributed by atoms with Gasteiger partial charge in [0.25, 0.3) is 0 Å². The summed E-state index contributed by atoms with van der Waals surface area (Å²) in [6, 6.07) is 5.36. The molecule has 1 amide bonds. The molecule has 0 aliphatic heterocycles. The number of hydrogen-bond donors (Lipinski definition) is 2. The minimum absolute atomic E-state index is 0.0692. The molecule has 0 aliphatic carbocycles. The highest BCUT2D eigenvalue weighted by atomic mass is 32.3. The molecule has 0 aromatic heterocycles. The van der Waals surface area contributed by atoms with Gasteiger partial charge in [0.05, 0.1) is 6.10 Å². The van der Waals surface area contributed by atoms with E-state index < -0.39 is 16.5 Å². The lowest BCUT2D eigenvalue weighted by Gasteiger charge is -2.09. The Bertz CT molecular complexity index is 508. The van der Waals surface area contributed by atoms with Crippen molar-refractivity contribution in [3.8, 4) is 5.75 Å². The second-order valence-electron chi connectivity index (χ2n) is 3.61. The zero-order chi connectivity index (χ0) is 13.8. The molecule has 0 bridgehead atoms.